The summed E-state index contributed by atoms with van der Waals surface area (Å²) in [7, 11) is 1.13. The van der Waals surface area contributed by atoms with Gasteiger partial charge in [-0.3, -0.25) is 52.7 Å². The van der Waals surface area contributed by atoms with E-state index in [0.717, 1.165) is 52.6 Å². The SMILES string of the molecule is CCCC(NC(=O)C1CC2CCCCC2N1C(=O)C(NC(=O)C(NC(=O)C(CCC(=O)O)NC(=O)C(CCC(=O)O)NC(C)=O)C(C)C)C1CCCCC1)C(=O)C(=O)NCC(=O)OC. The van der Waals surface area contributed by atoms with E-state index in [4.69, 9.17) is 5.11 Å². The van der Waals surface area contributed by atoms with E-state index in [1.807, 2.05) is 0 Å². The highest BCUT2D eigenvalue weighted by atomic mass is 16.5. The molecule has 8 N–H and O–H groups in total. The number of amides is 7. The number of carboxylic acid groups (broad SMARTS) is 2. The Morgan fingerprint density at radius 2 is 1.27 bits per heavy atom. The number of rotatable bonds is 24. The molecule has 1 heterocycles. The molecule has 3 rings (SSSR count). The minimum atomic E-state index is -1.52. The minimum absolute atomic E-state index is 0.0464. The number of likely N-dealkylation sites (tertiary alicyclic amines) is 1. The average molecular weight is 906 g/mol. The maximum atomic E-state index is 15.1. The lowest BCUT2D eigenvalue weighted by Gasteiger charge is -2.39. The van der Waals surface area contributed by atoms with Crippen molar-refractivity contribution in [2.24, 2.45) is 17.8 Å². The summed E-state index contributed by atoms with van der Waals surface area (Å²) < 4.78 is 4.52. The highest BCUT2D eigenvalue weighted by Gasteiger charge is 2.51. The van der Waals surface area contributed by atoms with Gasteiger partial charge in [0, 0.05) is 25.8 Å². The Morgan fingerprint density at radius 3 is 1.83 bits per heavy atom. The largest absolute Gasteiger partial charge is 0.481 e. The summed E-state index contributed by atoms with van der Waals surface area (Å²) in [4.78, 5) is 145. The highest BCUT2D eigenvalue weighted by molar-refractivity contribution is 6.38. The van der Waals surface area contributed by atoms with Crippen molar-refractivity contribution in [3.05, 3.63) is 0 Å². The van der Waals surface area contributed by atoms with Crippen LogP contribution >= 0.6 is 0 Å². The van der Waals surface area contributed by atoms with E-state index in [1.54, 1.807) is 25.7 Å². The number of ether oxygens (including phenoxy) is 1. The predicted octanol–water partition coefficient (Wildman–Crippen LogP) is 0.214. The summed E-state index contributed by atoms with van der Waals surface area (Å²) in [6.45, 7) is 5.62. The summed E-state index contributed by atoms with van der Waals surface area (Å²) in [5, 5.41) is 33.8. The molecule has 21 nitrogen and oxygen atoms in total. The summed E-state index contributed by atoms with van der Waals surface area (Å²) >= 11 is 0. The van der Waals surface area contributed by atoms with E-state index in [2.05, 4.69) is 36.6 Å². The molecular weight excluding hydrogens is 839 g/mol. The normalized spacial score (nSPS) is 20.8. The molecule has 8 atom stereocenters. The highest BCUT2D eigenvalue weighted by Crippen LogP contribution is 2.41. The van der Waals surface area contributed by atoms with Gasteiger partial charge in [0.05, 0.1) is 13.2 Å². The van der Waals surface area contributed by atoms with Crippen molar-refractivity contribution in [3.8, 4) is 0 Å². The maximum absolute atomic E-state index is 15.1. The molecular formula is C43H67N7O14. The molecule has 0 radical (unpaired) electrons. The molecule has 8 unspecified atom stereocenters. The van der Waals surface area contributed by atoms with Crippen LogP contribution in [0.25, 0.3) is 0 Å². The molecule has 358 valence electrons. The monoisotopic (exact) mass is 905 g/mol. The number of Topliss-reactive ketones (excluding diaryl/α,β-unsaturated/α-hetero) is 1. The zero-order chi connectivity index (χ0) is 47.7. The van der Waals surface area contributed by atoms with Crippen molar-refractivity contribution >= 4 is 65.0 Å². The molecule has 0 bridgehead atoms. The van der Waals surface area contributed by atoms with Gasteiger partial charge in [-0.2, -0.15) is 0 Å². The second-order valence-corrected chi connectivity index (χ2v) is 17.4. The first-order valence-corrected chi connectivity index (χ1v) is 22.4. The van der Waals surface area contributed by atoms with Crippen LogP contribution < -0.4 is 31.9 Å². The van der Waals surface area contributed by atoms with Crippen molar-refractivity contribution in [2.45, 2.75) is 173 Å². The van der Waals surface area contributed by atoms with Crippen molar-refractivity contribution in [3.63, 3.8) is 0 Å². The van der Waals surface area contributed by atoms with E-state index < -0.39 is 133 Å². The lowest BCUT2D eigenvalue weighted by atomic mass is 9.82. The average Bonchev–Trinajstić information content (AvgIpc) is 3.65. The molecule has 0 aromatic rings. The summed E-state index contributed by atoms with van der Waals surface area (Å²) in [6, 6.07) is -7.96. The Hall–Kier alpha value is -5.63. The van der Waals surface area contributed by atoms with Crippen LogP contribution in [-0.4, -0.2) is 136 Å². The Bertz CT molecular complexity index is 1730. The maximum Gasteiger partial charge on any atom is 0.325 e. The molecule has 2 aliphatic carbocycles. The van der Waals surface area contributed by atoms with Crippen molar-refractivity contribution in [1.29, 1.82) is 0 Å². The fraction of sp³-hybridized carbons (Fsp3) is 0.744. The van der Waals surface area contributed by atoms with E-state index in [0.29, 0.717) is 32.1 Å². The first-order valence-electron chi connectivity index (χ1n) is 22.4. The van der Waals surface area contributed by atoms with Gasteiger partial charge in [-0.05, 0) is 69.1 Å². The number of esters is 1. The third-order valence-corrected chi connectivity index (χ3v) is 12.3. The van der Waals surface area contributed by atoms with E-state index in [-0.39, 0.29) is 30.7 Å². The lowest BCUT2D eigenvalue weighted by Crippen LogP contribution is -2.62. The third kappa shape index (κ3) is 15.6. The van der Waals surface area contributed by atoms with Gasteiger partial charge in [-0.1, -0.05) is 59.3 Å². The number of methoxy groups -OCH3 is 1. The van der Waals surface area contributed by atoms with Gasteiger partial charge in [0.1, 0.15) is 36.8 Å². The summed E-state index contributed by atoms with van der Waals surface area (Å²) in [5.41, 5.74) is 0. The van der Waals surface area contributed by atoms with Gasteiger partial charge in [0.15, 0.2) is 0 Å². The van der Waals surface area contributed by atoms with Gasteiger partial charge < -0.3 is 51.8 Å². The van der Waals surface area contributed by atoms with Crippen LogP contribution in [0.4, 0.5) is 0 Å². The van der Waals surface area contributed by atoms with Crippen molar-refractivity contribution in [2.75, 3.05) is 13.7 Å². The number of carbonyl (C=O) groups excluding carboxylic acids is 9. The molecule has 2 saturated carbocycles. The zero-order valence-corrected chi connectivity index (χ0v) is 37.5. The standard InChI is InChI=1S/C43H67N7O14/c1-6-12-27(37(57)42(62)44-22-34(56)64-5)46-40(60)31-21-26-15-10-11-16-30(26)50(31)43(63)36(25-13-8-7-9-14-25)49-41(61)35(23(2)3)48-39(59)29(18-20-33(54)55)47-38(58)28(45-24(4)51)17-19-32(52)53/h23,25-31,35-36H,6-22H2,1-5H3,(H,44,62)(H,45,51)(H,46,60)(H,47,58)(H,48,59)(H,49,61)(H,52,53)(H,54,55). The second kappa shape index (κ2) is 25.6. The Morgan fingerprint density at radius 1 is 0.688 bits per heavy atom. The van der Waals surface area contributed by atoms with Gasteiger partial charge in [0.2, 0.25) is 41.2 Å². The number of fused-ring (bicyclic) bond motifs is 1. The smallest absolute Gasteiger partial charge is 0.325 e. The molecule has 21 heteroatoms. The number of ketones is 1. The quantitative estimate of drug-likeness (QED) is 0.0475. The fourth-order valence-electron chi connectivity index (χ4n) is 8.94. The Kier molecular flexibility index (Phi) is 21.1. The van der Waals surface area contributed by atoms with Crippen molar-refractivity contribution in [1.82, 2.24) is 36.8 Å². The molecule has 3 fully saturated rings. The Balaban J connectivity index is 1.92. The first kappa shape index (κ1) is 52.7. The fourth-order valence-corrected chi connectivity index (χ4v) is 8.94. The molecule has 0 spiro atoms. The second-order valence-electron chi connectivity index (χ2n) is 17.4. The van der Waals surface area contributed by atoms with Crippen LogP contribution in [0.5, 0.6) is 0 Å². The lowest BCUT2D eigenvalue weighted by molar-refractivity contribution is -0.147. The third-order valence-electron chi connectivity index (χ3n) is 12.3. The molecule has 3 aliphatic rings. The van der Waals surface area contributed by atoms with Gasteiger partial charge >= 0.3 is 17.9 Å². The van der Waals surface area contributed by atoms with Crippen LogP contribution in [0, 0.1) is 17.8 Å². The topological polar surface area (TPSA) is 313 Å². The number of hydrogen-bond acceptors (Lipinski definition) is 12. The predicted molar refractivity (Wildman–Crippen MR) is 226 cm³/mol. The molecule has 0 aromatic carbocycles. The summed E-state index contributed by atoms with van der Waals surface area (Å²) in [6.07, 6.45) is 5.68. The van der Waals surface area contributed by atoms with Crippen LogP contribution in [0.3, 0.4) is 0 Å². The van der Waals surface area contributed by atoms with Gasteiger partial charge in [-0.25, -0.2) is 0 Å². The molecule has 1 saturated heterocycles. The molecule has 1 aliphatic heterocycles. The summed E-state index contributed by atoms with van der Waals surface area (Å²) in [5.74, 6) is -10.7. The van der Waals surface area contributed by atoms with E-state index in [9.17, 15) is 53.1 Å². The van der Waals surface area contributed by atoms with E-state index >= 15 is 4.79 Å². The number of hydrogen-bond donors (Lipinski definition) is 8. The number of nitrogens with zero attached hydrogens (tertiary/aromatic N) is 1. The van der Waals surface area contributed by atoms with Crippen LogP contribution in [0.15, 0.2) is 0 Å². The molecule has 7 amide bonds. The van der Waals surface area contributed by atoms with Crippen LogP contribution in [0.1, 0.15) is 130 Å². The number of aliphatic carboxylic acids is 2. The number of carbonyl (C=O) groups is 11. The minimum Gasteiger partial charge on any atom is -0.481 e. The molecule has 0 aromatic heterocycles. The zero-order valence-electron chi connectivity index (χ0n) is 37.5. The van der Waals surface area contributed by atoms with Crippen molar-refractivity contribution < 1.29 is 67.7 Å². The Labute approximate surface area is 373 Å². The van der Waals surface area contributed by atoms with Gasteiger partial charge in [0.25, 0.3) is 5.91 Å². The van der Waals surface area contributed by atoms with Gasteiger partial charge in [-0.15, -0.1) is 0 Å². The molecule has 64 heavy (non-hydrogen) atoms. The number of carboxylic acids is 2. The van der Waals surface area contributed by atoms with Crippen LogP contribution in [-0.2, 0) is 57.5 Å². The first-order chi connectivity index (χ1) is 30.3. The number of nitrogens with one attached hydrogen (secondary N) is 6. The van der Waals surface area contributed by atoms with E-state index in [1.165, 1.54) is 0 Å². The van der Waals surface area contributed by atoms with Crippen LogP contribution in [0.2, 0.25) is 0 Å².